The van der Waals surface area contributed by atoms with Crippen molar-refractivity contribution in [3.63, 3.8) is 0 Å². The van der Waals surface area contributed by atoms with Crippen molar-refractivity contribution in [3.05, 3.63) is 12.2 Å². The van der Waals surface area contributed by atoms with Crippen LogP contribution in [0.15, 0.2) is 6.33 Å². The molecule has 0 aliphatic carbocycles. The summed E-state index contributed by atoms with van der Waals surface area (Å²) in [5, 5.41) is 17.2. The summed E-state index contributed by atoms with van der Waals surface area (Å²) < 4.78 is 0. The number of carbonyl (C=O) groups is 2. The molecular weight excluding hydrogens is 214 g/mol. The number of hydrogen-bond donors (Lipinski definition) is 4. The van der Waals surface area contributed by atoms with Crippen LogP contribution in [0.4, 0.5) is 0 Å². The molecule has 8 nitrogen and oxygen atoms in total. The van der Waals surface area contributed by atoms with Gasteiger partial charge in [0.15, 0.2) is 0 Å². The van der Waals surface area contributed by atoms with Crippen LogP contribution in [0.3, 0.4) is 0 Å². The zero-order chi connectivity index (χ0) is 12.1. The SMILES string of the molecule is CC(NC(=O)C(N)CC(=O)O)c1ncn[nH]1. The lowest BCUT2D eigenvalue weighted by molar-refractivity contribution is -0.139. The van der Waals surface area contributed by atoms with Crippen LogP contribution in [0.2, 0.25) is 0 Å². The lowest BCUT2D eigenvalue weighted by atomic mass is 10.2. The van der Waals surface area contributed by atoms with Crippen molar-refractivity contribution in [2.75, 3.05) is 0 Å². The normalized spacial score (nSPS) is 14.1. The number of amides is 1. The van der Waals surface area contributed by atoms with Crippen LogP contribution in [0.5, 0.6) is 0 Å². The first-order valence-electron chi connectivity index (χ1n) is 4.63. The summed E-state index contributed by atoms with van der Waals surface area (Å²) in [6, 6.07) is -1.46. The maximum atomic E-state index is 11.4. The second-order valence-corrected chi connectivity index (χ2v) is 3.31. The average Bonchev–Trinajstić information content (AvgIpc) is 2.68. The van der Waals surface area contributed by atoms with Crippen LogP contribution < -0.4 is 11.1 Å². The Labute approximate surface area is 91.2 Å². The Morgan fingerprint density at radius 2 is 2.38 bits per heavy atom. The van der Waals surface area contributed by atoms with Gasteiger partial charge in [-0.05, 0) is 6.92 Å². The largest absolute Gasteiger partial charge is 0.481 e. The molecule has 16 heavy (non-hydrogen) atoms. The van der Waals surface area contributed by atoms with Crippen molar-refractivity contribution in [1.29, 1.82) is 0 Å². The lowest BCUT2D eigenvalue weighted by Crippen LogP contribution is -2.43. The van der Waals surface area contributed by atoms with Gasteiger partial charge in [-0.3, -0.25) is 14.7 Å². The highest BCUT2D eigenvalue weighted by molar-refractivity contribution is 5.86. The Balaban J connectivity index is 2.48. The van der Waals surface area contributed by atoms with Gasteiger partial charge in [0.2, 0.25) is 5.91 Å². The molecule has 0 fully saturated rings. The van der Waals surface area contributed by atoms with E-state index >= 15 is 0 Å². The van der Waals surface area contributed by atoms with E-state index in [1.165, 1.54) is 6.33 Å². The minimum absolute atomic E-state index is 0.394. The van der Waals surface area contributed by atoms with E-state index in [9.17, 15) is 9.59 Å². The Morgan fingerprint density at radius 3 is 2.88 bits per heavy atom. The van der Waals surface area contributed by atoms with Crippen molar-refractivity contribution in [1.82, 2.24) is 20.5 Å². The second-order valence-electron chi connectivity index (χ2n) is 3.31. The predicted molar refractivity (Wildman–Crippen MR) is 53.2 cm³/mol. The molecule has 0 bridgehead atoms. The fourth-order valence-corrected chi connectivity index (χ4v) is 1.09. The minimum Gasteiger partial charge on any atom is -0.481 e. The van der Waals surface area contributed by atoms with Crippen molar-refractivity contribution in [2.24, 2.45) is 5.73 Å². The lowest BCUT2D eigenvalue weighted by Gasteiger charge is -2.14. The summed E-state index contributed by atoms with van der Waals surface area (Å²) in [7, 11) is 0. The number of carboxylic acids is 1. The monoisotopic (exact) mass is 227 g/mol. The number of carbonyl (C=O) groups excluding carboxylic acids is 1. The van der Waals surface area contributed by atoms with Gasteiger partial charge in [-0.15, -0.1) is 0 Å². The van der Waals surface area contributed by atoms with Gasteiger partial charge in [-0.1, -0.05) is 0 Å². The van der Waals surface area contributed by atoms with Crippen molar-refractivity contribution in [2.45, 2.75) is 25.4 Å². The van der Waals surface area contributed by atoms with Gasteiger partial charge in [0.05, 0.1) is 18.5 Å². The Kier molecular flexibility index (Phi) is 3.95. The first kappa shape index (κ1) is 12.1. The van der Waals surface area contributed by atoms with E-state index in [1.54, 1.807) is 6.92 Å². The summed E-state index contributed by atoms with van der Waals surface area (Å²) >= 11 is 0. The number of H-pyrrole nitrogens is 1. The molecule has 8 heteroatoms. The summed E-state index contributed by atoms with van der Waals surface area (Å²) in [4.78, 5) is 25.6. The maximum absolute atomic E-state index is 11.4. The van der Waals surface area contributed by atoms with Gasteiger partial charge in [0, 0.05) is 0 Å². The highest BCUT2D eigenvalue weighted by Crippen LogP contribution is 2.04. The standard InChI is InChI=1S/C8H13N5O3/c1-4(7-10-3-11-13-7)12-8(16)5(9)2-6(14)15/h3-5H,2,9H2,1H3,(H,12,16)(H,14,15)(H,10,11,13). The Hall–Kier alpha value is -1.96. The molecule has 0 aliphatic heterocycles. The fourth-order valence-electron chi connectivity index (χ4n) is 1.09. The van der Waals surface area contributed by atoms with Crippen LogP contribution >= 0.6 is 0 Å². The second kappa shape index (κ2) is 5.21. The number of aliphatic carboxylic acids is 1. The van der Waals surface area contributed by atoms with Crippen LogP contribution in [-0.4, -0.2) is 38.2 Å². The number of rotatable bonds is 5. The molecule has 0 aliphatic rings. The number of nitrogens with zero attached hydrogens (tertiary/aromatic N) is 2. The first-order chi connectivity index (χ1) is 7.50. The van der Waals surface area contributed by atoms with Crippen molar-refractivity contribution in [3.8, 4) is 0 Å². The zero-order valence-corrected chi connectivity index (χ0v) is 8.67. The smallest absolute Gasteiger partial charge is 0.305 e. The zero-order valence-electron chi connectivity index (χ0n) is 8.67. The Bertz CT molecular complexity index is 364. The molecule has 0 saturated heterocycles. The molecule has 2 atom stereocenters. The van der Waals surface area contributed by atoms with Crippen LogP contribution in [0.25, 0.3) is 0 Å². The third kappa shape index (κ3) is 3.31. The van der Waals surface area contributed by atoms with E-state index < -0.39 is 30.4 Å². The van der Waals surface area contributed by atoms with Gasteiger partial charge >= 0.3 is 5.97 Å². The number of carboxylic acid groups (broad SMARTS) is 1. The topological polar surface area (TPSA) is 134 Å². The number of hydrogen-bond acceptors (Lipinski definition) is 5. The van der Waals surface area contributed by atoms with Gasteiger partial charge in [0.1, 0.15) is 12.2 Å². The summed E-state index contributed by atoms with van der Waals surface area (Å²) in [5.74, 6) is -1.17. The minimum atomic E-state index is -1.12. The number of aromatic nitrogens is 3. The number of aromatic amines is 1. The molecule has 2 unspecified atom stereocenters. The van der Waals surface area contributed by atoms with Crippen molar-refractivity contribution < 1.29 is 14.7 Å². The fraction of sp³-hybridized carbons (Fsp3) is 0.500. The predicted octanol–water partition coefficient (Wildman–Crippen LogP) is -1.22. The molecule has 1 amide bonds. The maximum Gasteiger partial charge on any atom is 0.305 e. The summed E-state index contributed by atoms with van der Waals surface area (Å²) in [6.45, 7) is 1.69. The summed E-state index contributed by atoms with van der Waals surface area (Å²) in [5.41, 5.74) is 5.38. The summed E-state index contributed by atoms with van der Waals surface area (Å²) in [6.07, 6.45) is 0.907. The van der Waals surface area contributed by atoms with Crippen LogP contribution in [-0.2, 0) is 9.59 Å². The van der Waals surface area contributed by atoms with Gasteiger partial charge in [-0.2, -0.15) is 5.10 Å². The van der Waals surface area contributed by atoms with Crippen LogP contribution in [0, 0.1) is 0 Å². The average molecular weight is 227 g/mol. The van der Waals surface area contributed by atoms with Gasteiger partial charge in [-0.25, -0.2) is 4.98 Å². The van der Waals surface area contributed by atoms with E-state index in [-0.39, 0.29) is 0 Å². The molecule has 1 rings (SSSR count). The molecule has 88 valence electrons. The number of nitrogens with two attached hydrogens (primary N) is 1. The van der Waals surface area contributed by atoms with Gasteiger partial charge in [0.25, 0.3) is 0 Å². The van der Waals surface area contributed by atoms with E-state index in [4.69, 9.17) is 10.8 Å². The van der Waals surface area contributed by atoms with Crippen molar-refractivity contribution >= 4 is 11.9 Å². The third-order valence-corrected chi connectivity index (χ3v) is 1.93. The molecule has 5 N–H and O–H groups in total. The molecule has 0 saturated carbocycles. The van der Waals surface area contributed by atoms with E-state index in [0.29, 0.717) is 5.82 Å². The molecule has 1 heterocycles. The molecule has 1 aromatic rings. The molecule has 1 aromatic heterocycles. The molecule has 0 radical (unpaired) electrons. The number of nitrogens with one attached hydrogen (secondary N) is 2. The molecule has 0 aromatic carbocycles. The van der Waals surface area contributed by atoms with E-state index in [0.717, 1.165) is 0 Å². The third-order valence-electron chi connectivity index (χ3n) is 1.93. The quantitative estimate of drug-likeness (QED) is 0.498. The van der Waals surface area contributed by atoms with Gasteiger partial charge < -0.3 is 16.2 Å². The molecule has 0 spiro atoms. The van der Waals surface area contributed by atoms with E-state index in [1.807, 2.05) is 0 Å². The highest BCUT2D eigenvalue weighted by atomic mass is 16.4. The Morgan fingerprint density at radius 1 is 1.69 bits per heavy atom. The van der Waals surface area contributed by atoms with Crippen LogP contribution in [0.1, 0.15) is 25.2 Å². The highest BCUT2D eigenvalue weighted by Gasteiger charge is 2.20. The molecular formula is C8H13N5O3. The van der Waals surface area contributed by atoms with E-state index in [2.05, 4.69) is 20.5 Å². The first-order valence-corrected chi connectivity index (χ1v) is 4.63.